The minimum Gasteiger partial charge on any atom is -0.335 e. The second-order valence-corrected chi connectivity index (χ2v) is 7.79. The van der Waals surface area contributed by atoms with E-state index < -0.39 is 17.7 Å². The lowest BCUT2D eigenvalue weighted by molar-refractivity contribution is 0.0200. The standard InChI is InChI=1S/C22H25F2N3O/c23-16-9-10-21(20(24)11-16)26-22(28)25-17-12-18-7-4-8-19(13-17)27(18)14-15-5-2-1-3-6-15/h1-3,5-6,9-11,17-19H,4,7-8,12-14H2,(H2,25,26,28)/t18-,19-/m1/s1. The number of rotatable bonds is 4. The number of hydrogen-bond acceptors (Lipinski definition) is 2. The van der Waals surface area contributed by atoms with Crippen molar-refractivity contribution >= 4 is 11.7 Å². The molecule has 2 N–H and O–H groups in total. The summed E-state index contributed by atoms with van der Waals surface area (Å²) in [5.74, 6) is -1.44. The molecular formula is C22H25F2N3O. The number of fused-ring (bicyclic) bond motifs is 2. The van der Waals surface area contributed by atoms with Gasteiger partial charge in [-0.2, -0.15) is 0 Å². The molecule has 148 valence electrons. The van der Waals surface area contributed by atoms with E-state index in [-0.39, 0.29) is 11.7 Å². The molecule has 0 aromatic heterocycles. The second kappa shape index (κ2) is 8.27. The smallest absolute Gasteiger partial charge is 0.319 e. The number of anilines is 1. The van der Waals surface area contributed by atoms with Gasteiger partial charge in [0.2, 0.25) is 0 Å². The average Bonchev–Trinajstić information content (AvgIpc) is 2.65. The number of halogens is 2. The molecule has 2 aromatic carbocycles. The van der Waals surface area contributed by atoms with Crippen LogP contribution in [0.5, 0.6) is 0 Å². The van der Waals surface area contributed by atoms with Crippen molar-refractivity contribution in [1.82, 2.24) is 10.2 Å². The third-order valence-corrected chi connectivity index (χ3v) is 5.85. The number of benzene rings is 2. The number of nitrogens with zero attached hydrogens (tertiary/aromatic N) is 1. The van der Waals surface area contributed by atoms with Gasteiger partial charge in [-0.05, 0) is 43.4 Å². The minimum atomic E-state index is -0.773. The highest BCUT2D eigenvalue weighted by atomic mass is 19.1. The van der Waals surface area contributed by atoms with Crippen LogP contribution in [-0.2, 0) is 6.54 Å². The first-order chi connectivity index (χ1) is 13.6. The molecular weight excluding hydrogens is 360 g/mol. The molecule has 0 saturated carbocycles. The van der Waals surface area contributed by atoms with Gasteiger partial charge in [-0.3, -0.25) is 4.90 Å². The summed E-state index contributed by atoms with van der Waals surface area (Å²) in [6.45, 7) is 0.940. The monoisotopic (exact) mass is 385 g/mol. The molecule has 4 rings (SSSR count). The van der Waals surface area contributed by atoms with Crippen LogP contribution in [0.4, 0.5) is 19.3 Å². The summed E-state index contributed by atoms with van der Waals surface area (Å²) in [5.41, 5.74) is 1.30. The van der Waals surface area contributed by atoms with Gasteiger partial charge in [0.1, 0.15) is 11.6 Å². The van der Waals surface area contributed by atoms with Crippen molar-refractivity contribution in [3.05, 3.63) is 65.7 Å². The second-order valence-electron chi connectivity index (χ2n) is 7.79. The summed E-state index contributed by atoms with van der Waals surface area (Å²) < 4.78 is 26.8. The molecule has 4 nitrogen and oxygen atoms in total. The van der Waals surface area contributed by atoms with Crippen LogP contribution < -0.4 is 10.6 Å². The normalized spacial score (nSPS) is 24.6. The average molecular weight is 385 g/mol. The van der Waals surface area contributed by atoms with Gasteiger partial charge in [0.05, 0.1) is 5.69 Å². The van der Waals surface area contributed by atoms with E-state index in [1.165, 1.54) is 18.1 Å². The van der Waals surface area contributed by atoms with Gasteiger partial charge in [-0.15, -0.1) is 0 Å². The molecule has 2 aliphatic heterocycles. The summed E-state index contributed by atoms with van der Waals surface area (Å²) in [5, 5.41) is 5.48. The third-order valence-electron chi connectivity index (χ3n) is 5.85. The zero-order valence-corrected chi connectivity index (χ0v) is 15.7. The number of hydrogen-bond donors (Lipinski definition) is 2. The number of carbonyl (C=O) groups is 1. The predicted octanol–water partition coefficient (Wildman–Crippen LogP) is 4.67. The van der Waals surface area contributed by atoms with Crippen molar-refractivity contribution in [1.29, 1.82) is 0 Å². The van der Waals surface area contributed by atoms with Gasteiger partial charge in [0.25, 0.3) is 0 Å². The summed E-state index contributed by atoms with van der Waals surface area (Å²) in [6.07, 6.45) is 5.27. The molecule has 2 amide bonds. The Bertz CT molecular complexity index is 816. The van der Waals surface area contributed by atoms with E-state index in [1.54, 1.807) is 0 Å². The van der Waals surface area contributed by atoms with Crippen LogP contribution >= 0.6 is 0 Å². The highest BCUT2D eigenvalue weighted by molar-refractivity contribution is 5.89. The molecule has 0 radical (unpaired) electrons. The van der Waals surface area contributed by atoms with Crippen LogP contribution in [0.1, 0.15) is 37.7 Å². The Hall–Kier alpha value is -2.47. The maximum absolute atomic E-state index is 13.7. The van der Waals surface area contributed by atoms with Crippen LogP contribution in [0, 0.1) is 11.6 Å². The van der Waals surface area contributed by atoms with E-state index in [1.807, 2.05) is 6.07 Å². The van der Waals surface area contributed by atoms with Gasteiger partial charge in [0, 0.05) is 30.7 Å². The quantitative estimate of drug-likeness (QED) is 0.803. The molecule has 6 heteroatoms. The number of piperidine rings is 2. The summed E-state index contributed by atoms with van der Waals surface area (Å²) in [4.78, 5) is 14.9. The van der Waals surface area contributed by atoms with Crippen LogP contribution in [-0.4, -0.2) is 29.1 Å². The van der Waals surface area contributed by atoms with Gasteiger partial charge >= 0.3 is 6.03 Å². The lowest BCUT2D eigenvalue weighted by Crippen LogP contribution is -2.56. The Kier molecular flexibility index (Phi) is 5.57. The van der Waals surface area contributed by atoms with Crippen LogP contribution in [0.15, 0.2) is 48.5 Å². The Morgan fingerprint density at radius 3 is 2.43 bits per heavy atom. The fourth-order valence-corrected chi connectivity index (χ4v) is 4.58. The molecule has 2 atom stereocenters. The maximum atomic E-state index is 13.7. The zero-order chi connectivity index (χ0) is 19.5. The molecule has 2 saturated heterocycles. The Morgan fingerprint density at radius 2 is 1.75 bits per heavy atom. The third kappa shape index (κ3) is 4.33. The van der Waals surface area contributed by atoms with E-state index in [2.05, 4.69) is 39.8 Å². The van der Waals surface area contributed by atoms with Crippen molar-refractivity contribution in [2.45, 2.75) is 56.8 Å². The zero-order valence-electron chi connectivity index (χ0n) is 15.7. The Morgan fingerprint density at radius 1 is 1.04 bits per heavy atom. The topological polar surface area (TPSA) is 44.4 Å². The Labute approximate surface area is 163 Å². The van der Waals surface area contributed by atoms with Crippen molar-refractivity contribution in [3.63, 3.8) is 0 Å². The summed E-state index contributed by atoms with van der Waals surface area (Å²) in [6, 6.07) is 14.1. The first-order valence-corrected chi connectivity index (χ1v) is 9.91. The first-order valence-electron chi connectivity index (χ1n) is 9.91. The van der Waals surface area contributed by atoms with E-state index in [9.17, 15) is 13.6 Å². The van der Waals surface area contributed by atoms with Crippen LogP contribution in [0.2, 0.25) is 0 Å². The number of urea groups is 1. The molecule has 28 heavy (non-hydrogen) atoms. The van der Waals surface area contributed by atoms with Crippen LogP contribution in [0.3, 0.4) is 0 Å². The van der Waals surface area contributed by atoms with E-state index >= 15 is 0 Å². The van der Waals surface area contributed by atoms with Gasteiger partial charge < -0.3 is 10.6 Å². The fourth-order valence-electron chi connectivity index (χ4n) is 4.58. The number of carbonyl (C=O) groups excluding carboxylic acids is 1. The van der Waals surface area contributed by atoms with Crippen molar-refractivity contribution in [3.8, 4) is 0 Å². The Balaban J connectivity index is 1.36. The minimum absolute atomic E-state index is 0.0133. The van der Waals surface area contributed by atoms with Crippen molar-refractivity contribution in [2.24, 2.45) is 0 Å². The molecule has 0 aliphatic carbocycles. The van der Waals surface area contributed by atoms with Gasteiger partial charge in [-0.25, -0.2) is 13.6 Å². The molecule has 2 bridgehead atoms. The molecule has 0 unspecified atom stereocenters. The van der Waals surface area contributed by atoms with Gasteiger partial charge in [-0.1, -0.05) is 36.8 Å². The molecule has 2 aliphatic rings. The SMILES string of the molecule is O=C(Nc1ccc(F)cc1F)NC1C[C@H]2CCC[C@H](C1)N2Cc1ccccc1. The largest absolute Gasteiger partial charge is 0.335 e. The molecule has 2 heterocycles. The summed E-state index contributed by atoms with van der Waals surface area (Å²) in [7, 11) is 0. The fraction of sp³-hybridized carbons (Fsp3) is 0.409. The highest BCUT2D eigenvalue weighted by Crippen LogP contribution is 2.35. The number of amides is 2. The van der Waals surface area contributed by atoms with E-state index in [0.29, 0.717) is 12.1 Å². The lowest BCUT2D eigenvalue weighted by atomic mass is 9.81. The highest BCUT2D eigenvalue weighted by Gasteiger charge is 2.38. The molecule has 2 fully saturated rings. The van der Waals surface area contributed by atoms with Crippen molar-refractivity contribution < 1.29 is 13.6 Å². The van der Waals surface area contributed by atoms with Gasteiger partial charge in [0.15, 0.2) is 0 Å². The molecule has 0 spiro atoms. The van der Waals surface area contributed by atoms with Crippen LogP contribution in [0.25, 0.3) is 0 Å². The molecule has 2 aromatic rings. The number of nitrogens with one attached hydrogen (secondary N) is 2. The predicted molar refractivity (Wildman–Crippen MR) is 105 cm³/mol. The van der Waals surface area contributed by atoms with E-state index in [0.717, 1.165) is 44.4 Å². The van der Waals surface area contributed by atoms with E-state index in [4.69, 9.17) is 0 Å². The first kappa shape index (κ1) is 18.9. The maximum Gasteiger partial charge on any atom is 0.319 e. The lowest BCUT2D eigenvalue weighted by Gasteiger charge is -2.49. The van der Waals surface area contributed by atoms with Crippen molar-refractivity contribution in [2.75, 3.05) is 5.32 Å². The summed E-state index contributed by atoms with van der Waals surface area (Å²) >= 11 is 0.